The number of H-pyrrole nitrogens is 1. The first-order valence-electron chi connectivity index (χ1n) is 5.00. The van der Waals surface area contributed by atoms with Gasteiger partial charge in [-0.2, -0.15) is 0 Å². The molecule has 1 aliphatic heterocycles. The molecule has 0 saturated carbocycles. The molecule has 0 amide bonds. The highest BCUT2D eigenvalue weighted by molar-refractivity contribution is 4.96. The molecule has 7 nitrogen and oxygen atoms in total. The van der Waals surface area contributed by atoms with Crippen LogP contribution in [-0.4, -0.2) is 44.5 Å². The Morgan fingerprint density at radius 1 is 1.56 bits per heavy atom. The average molecular weight is 264 g/mol. The third-order valence-corrected chi connectivity index (χ3v) is 2.67. The smallest absolute Gasteiger partial charge is 0.330 e. The number of nitrogens with zero attached hydrogens (tertiary/aromatic N) is 1. The molecule has 100 valence electrons. The van der Waals surface area contributed by atoms with Crippen molar-refractivity contribution in [2.24, 2.45) is 0 Å². The minimum Gasteiger partial charge on any atom is -0.390 e. The summed E-state index contributed by atoms with van der Waals surface area (Å²) in [5, 5.41) is 18.0. The van der Waals surface area contributed by atoms with E-state index in [0.717, 1.165) is 12.3 Å². The van der Waals surface area contributed by atoms with Crippen LogP contribution >= 0.6 is 0 Å². The van der Waals surface area contributed by atoms with Crippen LogP contribution in [0.25, 0.3) is 0 Å². The molecular weight excluding hydrogens is 254 g/mol. The fraction of sp³-hybridized carbons (Fsp3) is 0.556. The molecule has 1 aliphatic rings. The van der Waals surface area contributed by atoms with E-state index in [1.54, 1.807) is 0 Å². The number of alkyl halides is 2. The van der Waals surface area contributed by atoms with Crippen molar-refractivity contribution < 1.29 is 23.7 Å². The molecule has 4 atom stereocenters. The van der Waals surface area contributed by atoms with Crippen LogP contribution in [-0.2, 0) is 4.74 Å². The molecule has 2 heterocycles. The molecule has 0 radical (unpaired) electrons. The van der Waals surface area contributed by atoms with E-state index in [-0.39, 0.29) is 0 Å². The van der Waals surface area contributed by atoms with Crippen molar-refractivity contribution in [2.45, 2.75) is 24.4 Å². The molecule has 3 N–H and O–H groups in total. The second-order valence-corrected chi connectivity index (χ2v) is 3.86. The average Bonchev–Trinajstić information content (AvgIpc) is 2.55. The lowest BCUT2D eigenvalue weighted by Gasteiger charge is -2.19. The number of aromatic nitrogens is 2. The van der Waals surface area contributed by atoms with Gasteiger partial charge in [-0.05, 0) is 0 Å². The number of rotatable bonds is 2. The van der Waals surface area contributed by atoms with Crippen LogP contribution < -0.4 is 11.2 Å². The predicted octanol–water partition coefficient (Wildman–Crippen LogP) is -1.58. The second kappa shape index (κ2) is 4.26. The van der Waals surface area contributed by atoms with Crippen molar-refractivity contribution in [2.75, 3.05) is 6.61 Å². The topological polar surface area (TPSA) is 105 Å². The van der Waals surface area contributed by atoms with E-state index in [1.807, 2.05) is 4.98 Å². The highest BCUT2D eigenvalue weighted by Crippen LogP contribution is 2.38. The van der Waals surface area contributed by atoms with Crippen molar-refractivity contribution >= 4 is 0 Å². The fourth-order valence-corrected chi connectivity index (χ4v) is 1.70. The molecule has 9 heteroatoms. The maximum absolute atomic E-state index is 13.7. The third-order valence-electron chi connectivity index (χ3n) is 2.67. The highest BCUT2D eigenvalue weighted by atomic mass is 19.2. The van der Waals surface area contributed by atoms with Gasteiger partial charge in [0, 0.05) is 12.3 Å². The summed E-state index contributed by atoms with van der Waals surface area (Å²) in [5.41, 5.74) is -1.72. The SMILES string of the molecule is O=c1ccn([C@@H]2O[C@](F)(CO)[C@H](O)[C@@H]2F)c(=O)[nH]1. The first-order valence-corrected chi connectivity index (χ1v) is 5.00. The predicted molar refractivity (Wildman–Crippen MR) is 53.3 cm³/mol. The molecule has 2 rings (SSSR count). The highest BCUT2D eigenvalue weighted by Gasteiger charge is 2.57. The lowest BCUT2D eigenvalue weighted by atomic mass is 10.1. The molecule has 18 heavy (non-hydrogen) atoms. The summed E-state index contributed by atoms with van der Waals surface area (Å²) in [4.78, 5) is 24.0. The van der Waals surface area contributed by atoms with E-state index >= 15 is 0 Å². The van der Waals surface area contributed by atoms with Gasteiger partial charge in [-0.15, -0.1) is 0 Å². The first kappa shape index (κ1) is 12.9. The van der Waals surface area contributed by atoms with Crippen molar-refractivity contribution in [3.8, 4) is 0 Å². The molecule has 1 aromatic heterocycles. The normalized spacial score (nSPS) is 35.9. The number of aromatic amines is 1. The molecule has 1 aromatic rings. The van der Waals surface area contributed by atoms with E-state index < -0.39 is 42.2 Å². The van der Waals surface area contributed by atoms with E-state index in [9.17, 15) is 23.5 Å². The standard InChI is InChI=1S/C9H10F2N2O5/c10-5-6(16)9(11,3-14)18-7(5)13-2-1-4(15)12-8(13)17/h1-2,5-7,14,16H,3H2,(H,12,15,17)/t5-,6+,7+,9+/m0/s1. The molecular formula is C9H10F2N2O5. The number of hydrogen-bond acceptors (Lipinski definition) is 5. The zero-order valence-electron chi connectivity index (χ0n) is 8.92. The molecule has 0 aliphatic carbocycles. The summed E-state index contributed by atoms with van der Waals surface area (Å²) in [7, 11) is 0. The number of hydrogen-bond donors (Lipinski definition) is 3. The van der Waals surface area contributed by atoms with Crippen LogP contribution in [0.3, 0.4) is 0 Å². The zero-order chi connectivity index (χ0) is 13.5. The van der Waals surface area contributed by atoms with Gasteiger partial charge in [0.2, 0.25) is 0 Å². The van der Waals surface area contributed by atoms with Crippen LogP contribution in [0.5, 0.6) is 0 Å². The molecule has 0 unspecified atom stereocenters. The van der Waals surface area contributed by atoms with Crippen LogP contribution in [0, 0.1) is 0 Å². The van der Waals surface area contributed by atoms with Gasteiger partial charge in [0.25, 0.3) is 11.4 Å². The first-order chi connectivity index (χ1) is 8.39. The maximum atomic E-state index is 13.7. The zero-order valence-corrected chi connectivity index (χ0v) is 8.92. The number of aliphatic hydroxyl groups is 2. The number of ether oxygens (including phenoxy) is 1. The van der Waals surface area contributed by atoms with E-state index in [1.165, 1.54) is 0 Å². The summed E-state index contributed by atoms with van der Waals surface area (Å²) < 4.78 is 32.5. The van der Waals surface area contributed by atoms with Crippen molar-refractivity contribution in [1.82, 2.24) is 9.55 Å². The minimum atomic E-state index is -2.99. The van der Waals surface area contributed by atoms with E-state index in [0.29, 0.717) is 4.57 Å². The number of aliphatic hydroxyl groups excluding tert-OH is 2. The monoisotopic (exact) mass is 264 g/mol. The Morgan fingerprint density at radius 2 is 2.22 bits per heavy atom. The quantitative estimate of drug-likeness (QED) is 0.598. The van der Waals surface area contributed by atoms with Gasteiger partial charge >= 0.3 is 5.69 Å². The van der Waals surface area contributed by atoms with Gasteiger partial charge in [-0.25, -0.2) is 13.6 Å². The van der Waals surface area contributed by atoms with Gasteiger partial charge in [0.1, 0.15) is 6.61 Å². The van der Waals surface area contributed by atoms with Crippen LogP contribution in [0.2, 0.25) is 0 Å². The Balaban J connectivity index is 2.41. The summed E-state index contributed by atoms with van der Waals surface area (Å²) >= 11 is 0. The summed E-state index contributed by atoms with van der Waals surface area (Å²) in [6.45, 7) is -1.26. The maximum Gasteiger partial charge on any atom is 0.330 e. The largest absolute Gasteiger partial charge is 0.390 e. The van der Waals surface area contributed by atoms with Crippen LogP contribution in [0.15, 0.2) is 21.9 Å². The van der Waals surface area contributed by atoms with Crippen molar-refractivity contribution in [1.29, 1.82) is 0 Å². The Kier molecular flexibility index (Phi) is 3.05. The fourth-order valence-electron chi connectivity index (χ4n) is 1.70. The molecule has 0 spiro atoms. The van der Waals surface area contributed by atoms with Gasteiger partial charge in [-0.3, -0.25) is 14.3 Å². The van der Waals surface area contributed by atoms with Gasteiger partial charge in [-0.1, -0.05) is 0 Å². The third kappa shape index (κ3) is 1.85. The number of nitrogens with one attached hydrogen (secondary N) is 1. The lowest BCUT2D eigenvalue weighted by Crippen LogP contribution is -2.41. The summed E-state index contributed by atoms with van der Waals surface area (Å²) in [6, 6.07) is 0.918. The van der Waals surface area contributed by atoms with Gasteiger partial charge in [0.15, 0.2) is 18.5 Å². The summed E-state index contributed by atoms with van der Waals surface area (Å²) in [5.74, 6) is -2.99. The summed E-state index contributed by atoms with van der Waals surface area (Å²) in [6.07, 6.45) is -5.34. The van der Waals surface area contributed by atoms with Crippen LogP contribution in [0.4, 0.5) is 8.78 Å². The van der Waals surface area contributed by atoms with Gasteiger partial charge in [0.05, 0.1) is 0 Å². The Labute approximate surface area is 98.3 Å². The molecule has 0 aromatic carbocycles. The molecule has 1 fully saturated rings. The number of halogens is 2. The molecule has 0 bridgehead atoms. The van der Waals surface area contributed by atoms with Crippen LogP contribution in [0.1, 0.15) is 6.23 Å². The van der Waals surface area contributed by atoms with Gasteiger partial charge < -0.3 is 14.9 Å². The Morgan fingerprint density at radius 3 is 2.72 bits per heavy atom. The second-order valence-electron chi connectivity index (χ2n) is 3.86. The lowest BCUT2D eigenvalue weighted by molar-refractivity contribution is -0.207. The van der Waals surface area contributed by atoms with E-state index in [4.69, 9.17) is 5.11 Å². The van der Waals surface area contributed by atoms with Crippen molar-refractivity contribution in [3.63, 3.8) is 0 Å². The molecule has 1 saturated heterocycles. The Bertz CT molecular complexity index is 558. The minimum absolute atomic E-state index is 0.590. The van der Waals surface area contributed by atoms with E-state index in [2.05, 4.69) is 4.74 Å². The van der Waals surface area contributed by atoms with Crippen molar-refractivity contribution in [3.05, 3.63) is 33.1 Å². The Hall–Kier alpha value is -1.58.